The van der Waals surface area contributed by atoms with Gasteiger partial charge >= 0.3 is 0 Å². The van der Waals surface area contributed by atoms with Gasteiger partial charge in [0.1, 0.15) is 11.9 Å². The van der Waals surface area contributed by atoms with E-state index in [1.807, 2.05) is 43.3 Å². The number of rotatable bonds is 8. The molecule has 4 rings (SSSR count). The quantitative estimate of drug-likeness (QED) is 0.530. The fraction of sp³-hybridized carbons (Fsp3) is 0.240. The van der Waals surface area contributed by atoms with Crippen molar-refractivity contribution in [3.05, 3.63) is 89.7 Å². The van der Waals surface area contributed by atoms with E-state index in [9.17, 15) is 13.2 Å². The van der Waals surface area contributed by atoms with E-state index in [0.29, 0.717) is 17.7 Å². The second-order valence-corrected chi connectivity index (χ2v) is 9.61. The largest absolute Gasteiger partial charge is 0.324 e. The molecule has 0 fully saturated rings. The average molecular weight is 463 g/mol. The Morgan fingerprint density at radius 2 is 1.73 bits per heavy atom. The molecular formula is C25H26N4O3S. The first-order valence-corrected chi connectivity index (χ1v) is 12.4. The van der Waals surface area contributed by atoms with Crippen LogP contribution in [0.5, 0.6) is 0 Å². The fourth-order valence-corrected chi connectivity index (χ4v) is 4.94. The zero-order valence-electron chi connectivity index (χ0n) is 18.4. The van der Waals surface area contributed by atoms with Gasteiger partial charge in [0.25, 0.3) is 10.0 Å². The number of hydrogen-bond donors (Lipinski definition) is 2. The predicted molar refractivity (Wildman–Crippen MR) is 129 cm³/mol. The molecule has 8 heteroatoms. The number of aromatic nitrogens is 1. The van der Waals surface area contributed by atoms with Gasteiger partial charge in [-0.15, -0.1) is 0 Å². The van der Waals surface area contributed by atoms with Crippen molar-refractivity contribution in [2.45, 2.75) is 43.5 Å². The zero-order chi connectivity index (χ0) is 23.3. The number of unbranched alkanes of at least 4 members (excludes halogenated alkanes) is 1. The third-order valence-electron chi connectivity index (χ3n) is 5.46. The van der Waals surface area contributed by atoms with Crippen LogP contribution in [-0.2, 0) is 21.2 Å². The van der Waals surface area contributed by atoms with E-state index < -0.39 is 16.1 Å². The maximum absolute atomic E-state index is 13.1. The highest BCUT2D eigenvalue weighted by atomic mass is 32.2. The molecule has 1 aliphatic heterocycles. The van der Waals surface area contributed by atoms with Gasteiger partial charge in [-0.25, -0.2) is 8.42 Å². The molecule has 0 saturated heterocycles. The Hall–Kier alpha value is -3.52. The van der Waals surface area contributed by atoms with Crippen LogP contribution in [0.4, 0.5) is 5.69 Å². The van der Waals surface area contributed by atoms with Crippen LogP contribution in [0.1, 0.15) is 42.9 Å². The number of nitrogens with zero attached hydrogens (tertiary/aromatic N) is 2. The number of fused-ring (bicyclic) bond motifs is 1. The minimum Gasteiger partial charge on any atom is -0.324 e. The van der Waals surface area contributed by atoms with E-state index in [2.05, 4.69) is 20.0 Å². The van der Waals surface area contributed by atoms with Crippen molar-refractivity contribution in [1.29, 1.82) is 0 Å². The first kappa shape index (κ1) is 22.7. The number of sulfonamides is 1. The monoisotopic (exact) mass is 462 g/mol. The first-order valence-electron chi connectivity index (χ1n) is 10.9. The van der Waals surface area contributed by atoms with Crippen LogP contribution in [0.15, 0.2) is 82.9 Å². The summed E-state index contributed by atoms with van der Waals surface area (Å²) in [5.74, 6) is -0.0454. The van der Waals surface area contributed by atoms with E-state index >= 15 is 0 Å². The lowest BCUT2D eigenvalue weighted by Gasteiger charge is -2.14. The SMILES string of the molecule is CCCCC(N=C1NS(=O)(=O)c2ccccc21)C(=O)Nc1ccc(Cc2ccncc2)cc1. The van der Waals surface area contributed by atoms with Crippen LogP contribution < -0.4 is 10.0 Å². The van der Waals surface area contributed by atoms with Crippen molar-refractivity contribution >= 4 is 27.5 Å². The molecule has 1 aromatic heterocycles. The standard InChI is InChI=1S/C25H26N4O3S/c1-2-3-7-22(28-24-21-6-4-5-8-23(21)33(31,32)29-24)25(30)27-20-11-9-18(10-12-20)17-19-13-15-26-16-14-19/h4-6,8-16,22H,2-3,7,17H2,1H3,(H,27,30)(H,28,29). The zero-order valence-corrected chi connectivity index (χ0v) is 19.2. The van der Waals surface area contributed by atoms with E-state index in [1.54, 1.807) is 30.6 Å². The Labute approximate surface area is 194 Å². The number of pyridine rings is 1. The highest BCUT2D eigenvalue weighted by molar-refractivity contribution is 7.90. The minimum atomic E-state index is -3.65. The van der Waals surface area contributed by atoms with Gasteiger partial charge in [-0.05, 0) is 60.4 Å². The average Bonchev–Trinajstić information content (AvgIpc) is 3.08. The molecule has 33 heavy (non-hydrogen) atoms. The molecule has 2 heterocycles. The lowest BCUT2D eigenvalue weighted by atomic mass is 10.1. The van der Waals surface area contributed by atoms with Gasteiger partial charge in [-0.3, -0.25) is 19.5 Å². The van der Waals surface area contributed by atoms with Gasteiger partial charge in [0, 0.05) is 23.6 Å². The number of amidine groups is 1. The van der Waals surface area contributed by atoms with Crippen LogP contribution in [0.25, 0.3) is 0 Å². The van der Waals surface area contributed by atoms with Gasteiger partial charge in [-0.1, -0.05) is 44.0 Å². The highest BCUT2D eigenvalue weighted by Crippen LogP contribution is 2.23. The summed E-state index contributed by atoms with van der Waals surface area (Å²) in [5.41, 5.74) is 3.45. The molecule has 2 aromatic carbocycles. The van der Waals surface area contributed by atoms with Crippen molar-refractivity contribution in [2.24, 2.45) is 4.99 Å². The molecule has 1 atom stereocenters. The molecule has 0 spiro atoms. The number of carbonyl (C=O) groups is 1. The van der Waals surface area contributed by atoms with Crippen molar-refractivity contribution in [3.63, 3.8) is 0 Å². The Bertz CT molecular complexity index is 1260. The summed E-state index contributed by atoms with van der Waals surface area (Å²) in [5, 5.41) is 2.93. The summed E-state index contributed by atoms with van der Waals surface area (Å²) in [6.07, 6.45) is 6.54. The smallest absolute Gasteiger partial charge is 0.263 e. The van der Waals surface area contributed by atoms with Crippen molar-refractivity contribution in [3.8, 4) is 0 Å². The third kappa shape index (κ3) is 5.46. The maximum Gasteiger partial charge on any atom is 0.263 e. The normalized spacial score (nSPS) is 16.1. The fourth-order valence-electron chi connectivity index (χ4n) is 3.71. The van der Waals surface area contributed by atoms with Gasteiger partial charge in [0.15, 0.2) is 0 Å². The highest BCUT2D eigenvalue weighted by Gasteiger charge is 2.31. The predicted octanol–water partition coefficient (Wildman–Crippen LogP) is 3.91. The molecular weight excluding hydrogens is 436 g/mol. The summed E-state index contributed by atoms with van der Waals surface area (Å²) < 4.78 is 27.3. The van der Waals surface area contributed by atoms with E-state index in [-0.39, 0.29) is 16.6 Å². The lowest BCUT2D eigenvalue weighted by molar-refractivity contribution is -0.117. The molecule has 2 N–H and O–H groups in total. The second kappa shape index (κ2) is 9.95. The molecule has 7 nitrogen and oxygen atoms in total. The number of benzene rings is 2. The summed E-state index contributed by atoms with van der Waals surface area (Å²) in [4.78, 5) is 21.8. The minimum absolute atomic E-state index is 0.184. The van der Waals surface area contributed by atoms with Crippen LogP contribution in [0.3, 0.4) is 0 Å². The third-order valence-corrected chi connectivity index (χ3v) is 6.86. The van der Waals surface area contributed by atoms with Crippen LogP contribution >= 0.6 is 0 Å². The summed E-state index contributed by atoms with van der Waals surface area (Å²) in [6, 6.07) is 17.6. The maximum atomic E-state index is 13.1. The summed E-state index contributed by atoms with van der Waals surface area (Å²) in [7, 11) is -3.65. The van der Waals surface area contributed by atoms with Crippen molar-refractivity contribution < 1.29 is 13.2 Å². The van der Waals surface area contributed by atoms with Gasteiger partial charge < -0.3 is 5.32 Å². The Kier molecular flexibility index (Phi) is 6.84. The number of carbonyl (C=O) groups excluding carboxylic acids is 1. The van der Waals surface area contributed by atoms with Crippen LogP contribution in [0.2, 0.25) is 0 Å². The molecule has 1 aliphatic rings. The Morgan fingerprint density at radius 1 is 1.03 bits per heavy atom. The van der Waals surface area contributed by atoms with E-state index in [4.69, 9.17) is 0 Å². The first-order chi connectivity index (χ1) is 16.0. The number of hydrogen-bond acceptors (Lipinski definition) is 5. The number of anilines is 1. The van der Waals surface area contributed by atoms with E-state index in [1.165, 1.54) is 6.07 Å². The summed E-state index contributed by atoms with van der Waals surface area (Å²) >= 11 is 0. The number of amides is 1. The molecule has 0 aliphatic carbocycles. The van der Waals surface area contributed by atoms with Crippen molar-refractivity contribution in [1.82, 2.24) is 9.71 Å². The van der Waals surface area contributed by atoms with Crippen LogP contribution in [0, 0.1) is 0 Å². The lowest BCUT2D eigenvalue weighted by Crippen LogP contribution is -2.30. The van der Waals surface area contributed by atoms with Gasteiger partial charge in [-0.2, -0.15) is 0 Å². The van der Waals surface area contributed by atoms with Gasteiger partial charge in [0.05, 0.1) is 4.90 Å². The Morgan fingerprint density at radius 3 is 2.45 bits per heavy atom. The number of nitrogens with one attached hydrogen (secondary N) is 2. The molecule has 0 radical (unpaired) electrons. The number of aliphatic imine (C=N–C) groups is 1. The molecule has 0 saturated carbocycles. The Balaban J connectivity index is 1.50. The molecule has 3 aromatic rings. The summed E-state index contributed by atoms with van der Waals surface area (Å²) in [6.45, 7) is 2.04. The topological polar surface area (TPSA) is 101 Å². The molecule has 170 valence electrons. The molecule has 0 bridgehead atoms. The van der Waals surface area contributed by atoms with Crippen molar-refractivity contribution in [2.75, 3.05) is 5.32 Å². The second-order valence-electron chi connectivity index (χ2n) is 7.96. The molecule has 1 amide bonds. The van der Waals surface area contributed by atoms with Crippen LogP contribution in [-0.4, -0.2) is 31.2 Å². The van der Waals surface area contributed by atoms with Gasteiger partial charge in [0.2, 0.25) is 5.91 Å². The van der Waals surface area contributed by atoms with E-state index in [0.717, 1.165) is 30.4 Å². The molecule has 1 unspecified atom stereocenters.